The molecule has 0 amide bonds. The average molecular weight is 332 g/mol. The summed E-state index contributed by atoms with van der Waals surface area (Å²) in [6, 6.07) is 5.34. The molecule has 1 aromatic rings. The highest BCUT2D eigenvalue weighted by Gasteiger charge is 2.22. The Hall–Kier alpha value is -1.31. The van der Waals surface area contributed by atoms with Crippen LogP contribution in [0.3, 0.4) is 0 Å². The highest BCUT2D eigenvalue weighted by Crippen LogP contribution is 2.38. The summed E-state index contributed by atoms with van der Waals surface area (Å²) in [4.78, 5) is 3.74. The Bertz CT molecular complexity index is 555. The van der Waals surface area contributed by atoms with Gasteiger partial charge in [0.25, 0.3) is 0 Å². The second kappa shape index (κ2) is 9.75. The number of aliphatic imine (C=N–C) groups is 1. The first kappa shape index (κ1) is 18.0. The average Bonchev–Trinajstić information content (AvgIpc) is 2.57. The SMILES string of the molecule is C=CCCCCCC1CCC(c2ccc(N=C=S)c(F)c2)CC1. The van der Waals surface area contributed by atoms with Gasteiger partial charge in [-0.3, -0.25) is 0 Å². The van der Waals surface area contributed by atoms with Crippen LogP contribution >= 0.6 is 12.2 Å². The van der Waals surface area contributed by atoms with Crippen molar-refractivity contribution in [2.45, 2.75) is 63.7 Å². The van der Waals surface area contributed by atoms with Crippen molar-refractivity contribution in [3.05, 3.63) is 42.2 Å². The molecule has 0 heterocycles. The fourth-order valence-corrected chi connectivity index (χ4v) is 3.70. The molecule has 0 saturated heterocycles. The van der Waals surface area contributed by atoms with Gasteiger partial charge in [-0.1, -0.05) is 31.4 Å². The van der Waals surface area contributed by atoms with Gasteiger partial charge >= 0.3 is 0 Å². The lowest BCUT2D eigenvalue weighted by molar-refractivity contribution is 0.302. The van der Waals surface area contributed by atoms with Crippen LogP contribution in [0.25, 0.3) is 0 Å². The molecule has 0 aromatic heterocycles. The molecule has 1 saturated carbocycles. The van der Waals surface area contributed by atoms with Crippen molar-refractivity contribution in [2.75, 3.05) is 0 Å². The minimum absolute atomic E-state index is 0.288. The van der Waals surface area contributed by atoms with E-state index in [0.29, 0.717) is 5.92 Å². The van der Waals surface area contributed by atoms with E-state index >= 15 is 0 Å². The third-order valence-electron chi connectivity index (χ3n) is 4.98. The summed E-state index contributed by atoms with van der Waals surface area (Å²) in [5.41, 5.74) is 1.40. The zero-order valence-corrected chi connectivity index (χ0v) is 14.6. The van der Waals surface area contributed by atoms with Gasteiger partial charge in [0, 0.05) is 0 Å². The lowest BCUT2D eigenvalue weighted by Crippen LogP contribution is -2.13. The van der Waals surface area contributed by atoms with Crippen LogP contribution in [0.2, 0.25) is 0 Å². The predicted octanol–water partition coefficient (Wildman–Crippen LogP) is 6.97. The Balaban J connectivity index is 1.79. The number of allylic oxidation sites excluding steroid dienone is 1. The monoisotopic (exact) mass is 331 g/mol. The summed E-state index contributed by atoms with van der Waals surface area (Å²) in [6.07, 6.45) is 13.3. The van der Waals surface area contributed by atoms with Gasteiger partial charge in [-0.15, -0.1) is 6.58 Å². The van der Waals surface area contributed by atoms with Crippen LogP contribution < -0.4 is 0 Å². The molecule has 0 radical (unpaired) electrons. The van der Waals surface area contributed by atoms with Gasteiger partial charge in [0.1, 0.15) is 11.5 Å². The number of isothiocyanates is 1. The molecule has 3 heteroatoms. The third kappa shape index (κ3) is 5.67. The first-order valence-electron chi connectivity index (χ1n) is 8.72. The summed E-state index contributed by atoms with van der Waals surface area (Å²) < 4.78 is 14.0. The molecule has 1 nitrogen and oxygen atoms in total. The van der Waals surface area contributed by atoms with Crippen molar-refractivity contribution in [1.29, 1.82) is 0 Å². The van der Waals surface area contributed by atoms with Crippen LogP contribution in [-0.4, -0.2) is 5.16 Å². The van der Waals surface area contributed by atoms with Crippen LogP contribution in [0.1, 0.15) is 69.3 Å². The van der Waals surface area contributed by atoms with Crippen LogP contribution in [0.15, 0.2) is 35.8 Å². The molecule has 0 aliphatic heterocycles. The molecule has 124 valence electrons. The van der Waals surface area contributed by atoms with E-state index in [-0.39, 0.29) is 11.5 Å². The first-order valence-corrected chi connectivity index (χ1v) is 9.13. The Morgan fingerprint density at radius 1 is 1.22 bits per heavy atom. The minimum Gasteiger partial charge on any atom is -0.205 e. The second-order valence-electron chi connectivity index (χ2n) is 6.56. The van der Waals surface area contributed by atoms with Crippen LogP contribution in [0.4, 0.5) is 10.1 Å². The molecule has 0 spiro atoms. The molecule has 0 N–H and O–H groups in total. The largest absolute Gasteiger partial charge is 0.205 e. The second-order valence-corrected chi connectivity index (χ2v) is 6.74. The highest BCUT2D eigenvalue weighted by molar-refractivity contribution is 7.78. The lowest BCUT2D eigenvalue weighted by Gasteiger charge is -2.29. The summed E-state index contributed by atoms with van der Waals surface area (Å²) in [5, 5.41) is 2.22. The molecule has 0 unspecified atom stereocenters. The number of rotatable bonds is 8. The van der Waals surface area contributed by atoms with Gasteiger partial charge in [-0.05, 0) is 80.3 Å². The third-order valence-corrected chi connectivity index (χ3v) is 5.07. The molecule has 0 atom stereocenters. The molecular formula is C20H26FNS. The predicted molar refractivity (Wildman–Crippen MR) is 99.1 cm³/mol. The van der Waals surface area contributed by atoms with Crippen molar-refractivity contribution in [1.82, 2.24) is 0 Å². The fraction of sp³-hybridized carbons (Fsp3) is 0.550. The highest BCUT2D eigenvalue weighted by atomic mass is 32.1. The maximum absolute atomic E-state index is 14.0. The Kier molecular flexibility index (Phi) is 7.64. The van der Waals surface area contributed by atoms with E-state index in [9.17, 15) is 4.39 Å². The van der Waals surface area contributed by atoms with E-state index < -0.39 is 0 Å². The van der Waals surface area contributed by atoms with Gasteiger partial charge in [-0.2, -0.15) is 4.99 Å². The van der Waals surface area contributed by atoms with Gasteiger partial charge in [0.2, 0.25) is 0 Å². The number of thiocarbonyl (C=S) groups is 1. The zero-order chi connectivity index (χ0) is 16.5. The Morgan fingerprint density at radius 2 is 2.00 bits per heavy atom. The van der Waals surface area contributed by atoms with E-state index in [1.165, 1.54) is 51.4 Å². The van der Waals surface area contributed by atoms with Gasteiger partial charge < -0.3 is 0 Å². The summed E-state index contributed by atoms with van der Waals surface area (Å²) in [6.45, 7) is 3.77. The van der Waals surface area contributed by atoms with E-state index in [1.807, 2.05) is 12.1 Å². The summed E-state index contributed by atoms with van der Waals surface area (Å²) in [7, 11) is 0. The van der Waals surface area contributed by atoms with E-state index in [4.69, 9.17) is 0 Å². The molecule has 1 aromatic carbocycles. The van der Waals surface area contributed by atoms with Crippen molar-refractivity contribution in [3.8, 4) is 0 Å². The smallest absolute Gasteiger partial charge is 0.149 e. The fourth-order valence-electron chi connectivity index (χ4n) is 3.60. The van der Waals surface area contributed by atoms with E-state index in [0.717, 1.165) is 17.9 Å². The molecular weight excluding hydrogens is 305 g/mol. The summed E-state index contributed by atoms with van der Waals surface area (Å²) >= 11 is 4.53. The maximum atomic E-state index is 14.0. The quantitative estimate of drug-likeness (QED) is 0.217. The van der Waals surface area contributed by atoms with Crippen LogP contribution in [0.5, 0.6) is 0 Å². The lowest BCUT2D eigenvalue weighted by atomic mass is 9.77. The number of hydrogen-bond donors (Lipinski definition) is 0. The van der Waals surface area contributed by atoms with Gasteiger partial charge in [0.15, 0.2) is 0 Å². The normalized spacial score (nSPS) is 20.7. The zero-order valence-electron chi connectivity index (χ0n) is 13.8. The van der Waals surface area contributed by atoms with E-state index in [1.54, 1.807) is 12.1 Å². The first-order chi connectivity index (χ1) is 11.2. The van der Waals surface area contributed by atoms with Crippen LogP contribution in [0, 0.1) is 11.7 Å². The van der Waals surface area contributed by atoms with Crippen molar-refractivity contribution < 1.29 is 4.39 Å². The summed E-state index contributed by atoms with van der Waals surface area (Å²) in [5.74, 6) is 1.06. The minimum atomic E-state index is -0.288. The van der Waals surface area contributed by atoms with Crippen molar-refractivity contribution in [2.24, 2.45) is 10.9 Å². The standard InChI is InChI=1S/C20H26FNS/c1-2-3-4-5-6-7-16-8-10-17(11-9-16)18-12-13-20(22-15-23)19(21)14-18/h2,12-14,16-17H,1,3-11H2. The van der Waals surface area contributed by atoms with Crippen molar-refractivity contribution >= 4 is 23.1 Å². The Labute approximate surface area is 144 Å². The van der Waals surface area contributed by atoms with E-state index in [2.05, 4.69) is 29.0 Å². The number of benzene rings is 1. The molecule has 1 fully saturated rings. The molecule has 1 aliphatic carbocycles. The molecule has 23 heavy (non-hydrogen) atoms. The maximum Gasteiger partial charge on any atom is 0.149 e. The van der Waals surface area contributed by atoms with Crippen molar-refractivity contribution in [3.63, 3.8) is 0 Å². The number of unbranched alkanes of at least 4 members (excludes halogenated alkanes) is 3. The van der Waals surface area contributed by atoms with Gasteiger partial charge in [0.05, 0.1) is 5.16 Å². The molecule has 2 rings (SSSR count). The number of hydrogen-bond acceptors (Lipinski definition) is 2. The van der Waals surface area contributed by atoms with Gasteiger partial charge in [-0.25, -0.2) is 4.39 Å². The molecule has 0 bridgehead atoms. The molecule has 1 aliphatic rings. The topological polar surface area (TPSA) is 12.4 Å². The number of halogens is 1. The Morgan fingerprint density at radius 3 is 2.65 bits per heavy atom. The number of nitrogens with zero attached hydrogens (tertiary/aromatic N) is 1. The van der Waals surface area contributed by atoms with Crippen LogP contribution in [-0.2, 0) is 0 Å².